The second-order valence-electron chi connectivity index (χ2n) is 4.95. The van der Waals surface area contributed by atoms with E-state index in [0.717, 1.165) is 0 Å². The van der Waals surface area contributed by atoms with Gasteiger partial charge in [-0.15, -0.1) is 0 Å². The standard InChI is InChI=1S/C9H18N2O4S/c1-9(2,3)15-8(12)11-5-4-7(11)6-16(10,13)14/h7H,4-6H2,1-3H3,(H2,10,13,14). The SMILES string of the molecule is CC(C)(C)OC(=O)N1CCC1CS(N)(=O)=O. The first kappa shape index (κ1) is 13.2. The number of sulfonamides is 1. The molecule has 0 aliphatic carbocycles. The van der Waals surface area contributed by atoms with Crippen LogP contribution in [0.5, 0.6) is 0 Å². The van der Waals surface area contributed by atoms with Crippen LogP contribution in [0, 0.1) is 0 Å². The van der Waals surface area contributed by atoms with Gasteiger partial charge in [0.25, 0.3) is 0 Å². The first-order chi connectivity index (χ1) is 7.08. The lowest BCUT2D eigenvalue weighted by atomic mass is 10.1. The number of hydrogen-bond acceptors (Lipinski definition) is 4. The Morgan fingerprint density at radius 1 is 1.50 bits per heavy atom. The van der Waals surface area contributed by atoms with E-state index in [1.165, 1.54) is 4.90 Å². The van der Waals surface area contributed by atoms with Gasteiger partial charge in [-0.3, -0.25) is 0 Å². The molecule has 1 atom stereocenters. The number of ether oxygens (including phenoxy) is 1. The monoisotopic (exact) mass is 250 g/mol. The van der Waals surface area contributed by atoms with Crippen LogP contribution < -0.4 is 5.14 Å². The minimum Gasteiger partial charge on any atom is -0.444 e. The van der Waals surface area contributed by atoms with Crippen molar-refractivity contribution in [1.29, 1.82) is 0 Å². The highest BCUT2D eigenvalue weighted by atomic mass is 32.2. The number of hydrogen-bond donors (Lipinski definition) is 1. The first-order valence-corrected chi connectivity index (χ1v) is 6.80. The molecule has 94 valence electrons. The van der Waals surface area contributed by atoms with E-state index in [9.17, 15) is 13.2 Å². The van der Waals surface area contributed by atoms with Crippen LogP contribution in [0.15, 0.2) is 0 Å². The van der Waals surface area contributed by atoms with Crippen LogP contribution in [0.2, 0.25) is 0 Å². The summed E-state index contributed by atoms with van der Waals surface area (Å²) >= 11 is 0. The van der Waals surface area contributed by atoms with E-state index in [1.54, 1.807) is 20.8 Å². The van der Waals surface area contributed by atoms with Gasteiger partial charge >= 0.3 is 6.09 Å². The fourth-order valence-electron chi connectivity index (χ4n) is 1.44. The Balaban J connectivity index is 2.53. The summed E-state index contributed by atoms with van der Waals surface area (Å²) in [5.41, 5.74) is -0.571. The van der Waals surface area contributed by atoms with Gasteiger partial charge in [0.2, 0.25) is 10.0 Å². The van der Waals surface area contributed by atoms with Crippen LogP contribution in [0.25, 0.3) is 0 Å². The zero-order chi connectivity index (χ0) is 12.6. The lowest BCUT2D eigenvalue weighted by Crippen LogP contribution is -2.55. The second kappa shape index (κ2) is 4.21. The van der Waals surface area contributed by atoms with Gasteiger partial charge in [-0.1, -0.05) is 0 Å². The summed E-state index contributed by atoms with van der Waals surface area (Å²) in [6.45, 7) is 5.81. The zero-order valence-electron chi connectivity index (χ0n) is 9.76. The molecule has 6 nitrogen and oxygen atoms in total. The molecule has 1 aliphatic rings. The summed E-state index contributed by atoms with van der Waals surface area (Å²) in [4.78, 5) is 13.0. The van der Waals surface area contributed by atoms with E-state index in [4.69, 9.17) is 9.88 Å². The fourth-order valence-corrected chi connectivity index (χ4v) is 2.33. The summed E-state index contributed by atoms with van der Waals surface area (Å²) in [5, 5.41) is 4.93. The molecule has 1 rings (SSSR count). The average Bonchev–Trinajstić information content (AvgIpc) is 1.92. The summed E-state index contributed by atoms with van der Waals surface area (Å²) in [7, 11) is -3.54. The molecule has 0 saturated carbocycles. The topological polar surface area (TPSA) is 89.7 Å². The van der Waals surface area contributed by atoms with E-state index in [-0.39, 0.29) is 11.8 Å². The molecule has 0 aromatic heterocycles. The molecule has 0 bridgehead atoms. The van der Waals surface area contributed by atoms with Crippen molar-refractivity contribution in [1.82, 2.24) is 4.90 Å². The van der Waals surface area contributed by atoms with Gasteiger partial charge in [0, 0.05) is 6.54 Å². The Bertz CT molecular complexity index is 371. The summed E-state index contributed by atoms with van der Waals surface area (Å²) < 4.78 is 26.9. The fraction of sp³-hybridized carbons (Fsp3) is 0.889. The molecular weight excluding hydrogens is 232 g/mol. The molecule has 1 fully saturated rings. The van der Waals surface area contributed by atoms with E-state index < -0.39 is 21.7 Å². The number of amides is 1. The third-order valence-electron chi connectivity index (χ3n) is 2.20. The van der Waals surface area contributed by atoms with Gasteiger partial charge in [-0.2, -0.15) is 0 Å². The van der Waals surface area contributed by atoms with Crippen molar-refractivity contribution >= 4 is 16.1 Å². The molecule has 2 N–H and O–H groups in total. The second-order valence-corrected chi connectivity index (χ2v) is 6.60. The maximum atomic E-state index is 11.6. The molecule has 1 saturated heterocycles. The van der Waals surface area contributed by atoms with Crippen LogP contribution in [0.1, 0.15) is 27.2 Å². The smallest absolute Gasteiger partial charge is 0.410 e. The summed E-state index contributed by atoms with van der Waals surface area (Å²) in [6, 6.07) is -0.343. The van der Waals surface area contributed by atoms with Crippen molar-refractivity contribution in [2.24, 2.45) is 5.14 Å². The average molecular weight is 250 g/mol. The van der Waals surface area contributed by atoms with Gasteiger partial charge in [-0.05, 0) is 27.2 Å². The van der Waals surface area contributed by atoms with Gasteiger partial charge in [0.05, 0.1) is 11.8 Å². The highest BCUT2D eigenvalue weighted by Gasteiger charge is 2.37. The Morgan fingerprint density at radius 3 is 2.38 bits per heavy atom. The van der Waals surface area contributed by atoms with Crippen LogP contribution >= 0.6 is 0 Å². The Hall–Kier alpha value is -0.820. The van der Waals surface area contributed by atoms with Crippen molar-refractivity contribution in [3.63, 3.8) is 0 Å². The van der Waals surface area contributed by atoms with Gasteiger partial charge in [0.1, 0.15) is 5.60 Å². The third kappa shape index (κ3) is 3.97. The summed E-state index contributed by atoms with van der Waals surface area (Å²) in [5.74, 6) is -0.202. The largest absolute Gasteiger partial charge is 0.444 e. The van der Waals surface area contributed by atoms with Crippen LogP contribution in [0.3, 0.4) is 0 Å². The summed E-state index contributed by atoms with van der Waals surface area (Å²) in [6.07, 6.45) is 0.169. The molecule has 1 heterocycles. The quantitative estimate of drug-likeness (QED) is 0.762. The van der Waals surface area contributed by atoms with Crippen LogP contribution in [-0.4, -0.2) is 43.4 Å². The van der Waals surface area contributed by atoms with Crippen molar-refractivity contribution in [2.45, 2.75) is 38.8 Å². The predicted octanol–water partition coefficient (Wildman–Crippen LogP) is 0.284. The van der Waals surface area contributed by atoms with Crippen LogP contribution in [-0.2, 0) is 14.8 Å². The minimum absolute atomic E-state index is 0.202. The predicted molar refractivity (Wildman–Crippen MR) is 59.3 cm³/mol. The normalized spacial score (nSPS) is 21.5. The van der Waals surface area contributed by atoms with Gasteiger partial charge < -0.3 is 9.64 Å². The maximum Gasteiger partial charge on any atom is 0.410 e. The minimum atomic E-state index is -3.54. The molecule has 1 unspecified atom stereocenters. The lowest BCUT2D eigenvalue weighted by Gasteiger charge is -2.40. The van der Waals surface area contributed by atoms with Gasteiger partial charge in [-0.25, -0.2) is 18.4 Å². The highest BCUT2D eigenvalue weighted by molar-refractivity contribution is 7.89. The molecular formula is C9H18N2O4S. The first-order valence-electron chi connectivity index (χ1n) is 5.08. The number of carbonyl (C=O) groups excluding carboxylic acids is 1. The molecule has 0 aromatic carbocycles. The number of nitrogens with zero attached hydrogens (tertiary/aromatic N) is 1. The lowest BCUT2D eigenvalue weighted by molar-refractivity contribution is -0.00114. The van der Waals surface area contributed by atoms with Crippen LogP contribution in [0.4, 0.5) is 4.79 Å². The third-order valence-corrected chi connectivity index (χ3v) is 3.05. The number of likely N-dealkylation sites (tertiary alicyclic amines) is 1. The van der Waals surface area contributed by atoms with Gasteiger partial charge in [0.15, 0.2) is 0 Å². The van der Waals surface area contributed by atoms with E-state index >= 15 is 0 Å². The number of primary sulfonamides is 1. The van der Waals surface area contributed by atoms with E-state index in [1.807, 2.05) is 0 Å². The molecule has 0 radical (unpaired) electrons. The Kier molecular flexibility index (Phi) is 3.49. The number of nitrogens with two attached hydrogens (primary N) is 1. The molecule has 0 spiro atoms. The molecule has 7 heteroatoms. The highest BCUT2D eigenvalue weighted by Crippen LogP contribution is 2.21. The maximum absolute atomic E-state index is 11.6. The van der Waals surface area contributed by atoms with Crippen molar-refractivity contribution in [2.75, 3.05) is 12.3 Å². The zero-order valence-corrected chi connectivity index (χ0v) is 10.6. The van der Waals surface area contributed by atoms with Crippen molar-refractivity contribution < 1.29 is 17.9 Å². The molecule has 1 aliphatic heterocycles. The van der Waals surface area contributed by atoms with Crippen molar-refractivity contribution in [3.8, 4) is 0 Å². The molecule has 0 aromatic rings. The number of carbonyl (C=O) groups is 1. The molecule has 16 heavy (non-hydrogen) atoms. The Morgan fingerprint density at radius 2 is 2.06 bits per heavy atom. The van der Waals surface area contributed by atoms with E-state index in [2.05, 4.69) is 0 Å². The Labute approximate surface area is 95.8 Å². The molecule has 1 amide bonds. The van der Waals surface area contributed by atoms with E-state index in [0.29, 0.717) is 13.0 Å². The van der Waals surface area contributed by atoms with Crippen molar-refractivity contribution in [3.05, 3.63) is 0 Å². The number of rotatable bonds is 2.